The molecule has 0 saturated carbocycles. The van der Waals surface area contributed by atoms with Gasteiger partial charge < -0.3 is 19.5 Å². The summed E-state index contributed by atoms with van der Waals surface area (Å²) in [7, 11) is 1.70. The van der Waals surface area contributed by atoms with Crippen LogP contribution in [-0.4, -0.2) is 58.0 Å². The first-order valence-electron chi connectivity index (χ1n) is 9.16. The quantitative estimate of drug-likeness (QED) is 0.784. The minimum Gasteiger partial charge on any atom is -0.493 e. The monoisotopic (exact) mass is 406 g/mol. The van der Waals surface area contributed by atoms with Crippen molar-refractivity contribution in [2.24, 2.45) is 5.92 Å². The lowest BCUT2D eigenvalue weighted by Gasteiger charge is -2.41. The molecule has 150 valence electrons. The number of halogens is 2. The third kappa shape index (κ3) is 5.64. The SMILES string of the molecule is CCOc1cc([C@@H](C2CCOCC2)N2CCNCC2)ccc1OC.Cl.Cl. The van der Waals surface area contributed by atoms with Crippen molar-refractivity contribution in [3.8, 4) is 11.5 Å². The molecule has 0 bridgehead atoms. The van der Waals surface area contributed by atoms with Gasteiger partial charge in [0.05, 0.1) is 13.7 Å². The molecule has 1 aromatic rings. The number of hydrogen-bond donors (Lipinski definition) is 1. The molecular weight excluding hydrogens is 375 g/mol. The van der Waals surface area contributed by atoms with Gasteiger partial charge >= 0.3 is 0 Å². The van der Waals surface area contributed by atoms with Crippen molar-refractivity contribution in [1.29, 1.82) is 0 Å². The summed E-state index contributed by atoms with van der Waals surface area (Å²) in [5.41, 5.74) is 1.34. The van der Waals surface area contributed by atoms with Gasteiger partial charge in [-0.15, -0.1) is 24.8 Å². The van der Waals surface area contributed by atoms with Gasteiger partial charge in [0.25, 0.3) is 0 Å². The van der Waals surface area contributed by atoms with Gasteiger partial charge in [-0.2, -0.15) is 0 Å². The van der Waals surface area contributed by atoms with Crippen molar-refractivity contribution in [2.75, 3.05) is 53.1 Å². The molecule has 1 aromatic carbocycles. The van der Waals surface area contributed by atoms with Crippen molar-refractivity contribution in [2.45, 2.75) is 25.8 Å². The van der Waals surface area contributed by atoms with E-state index in [4.69, 9.17) is 14.2 Å². The first-order valence-corrected chi connectivity index (χ1v) is 9.16. The summed E-state index contributed by atoms with van der Waals surface area (Å²) in [6.45, 7) is 8.73. The highest BCUT2D eigenvalue weighted by molar-refractivity contribution is 5.85. The van der Waals surface area contributed by atoms with E-state index in [0.29, 0.717) is 18.6 Å². The number of rotatable bonds is 6. The van der Waals surface area contributed by atoms with Gasteiger partial charge in [0.2, 0.25) is 0 Å². The lowest BCUT2D eigenvalue weighted by molar-refractivity contribution is 0.0212. The van der Waals surface area contributed by atoms with Crippen molar-refractivity contribution < 1.29 is 14.2 Å². The van der Waals surface area contributed by atoms with Gasteiger partial charge in [0.15, 0.2) is 11.5 Å². The van der Waals surface area contributed by atoms with Crippen LogP contribution in [0.2, 0.25) is 0 Å². The topological polar surface area (TPSA) is 43.0 Å². The maximum Gasteiger partial charge on any atom is 0.161 e. The van der Waals surface area contributed by atoms with E-state index in [1.54, 1.807) is 7.11 Å². The van der Waals surface area contributed by atoms with Gasteiger partial charge in [0, 0.05) is 45.4 Å². The summed E-state index contributed by atoms with van der Waals surface area (Å²) in [6.07, 6.45) is 2.26. The fourth-order valence-corrected chi connectivity index (χ4v) is 3.92. The van der Waals surface area contributed by atoms with Crippen molar-refractivity contribution in [3.63, 3.8) is 0 Å². The summed E-state index contributed by atoms with van der Waals surface area (Å²) < 4.78 is 16.9. The second-order valence-corrected chi connectivity index (χ2v) is 6.52. The summed E-state index contributed by atoms with van der Waals surface area (Å²) in [5, 5.41) is 3.46. The molecule has 1 atom stereocenters. The number of methoxy groups -OCH3 is 1. The van der Waals surface area contributed by atoms with Crippen LogP contribution >= 0.6 is 24.8 Å². The number of ether oxygens (including phenoxy) is 3. The van der Waals surface area contributed by atoms with Crippen LogP contribution in [0.1, 0.15) is 31.4 Å². The number of piperazine rings is 1. The first-order chi connectivity index (χ1) is 11.8. The fraction of sp³-hybridized carbons (Fsp3) is 0.684. The van der Waals surface area contributed by atoms with Gasteiger partial charge in [-0.1, -0.05) is 6.07 Å². The molecular formula is C19H32Cl2N2O3. The molecule has 2 saturated heterocycles. The smallest absolute Gasteiger partial charge is 0.161 e. The van der Waals surface area contributed by atoms with Gasteiger partial charge in [-0.25, -0.2) is 0 Å². The predicted molar refractivity (Wildman–Crippen MR) is 109 cm³/mol. The second kappa shape index (κ2) is 11.9. The lowest BCUT2D eigenvalue weighted by atomic mass is 9.85. The Hall–Kier alpha value is -0.720. The molecule has 0 radical (unpaired) electrons. The van der Waals surface area contributed by atoms with Crippen molar-refractivity contribution >= 4 is 24.8 Å². The highest BCUT2D eigenvalue weighted by atomic mass is 35.5. The highest BCUT2D eigenvalue weighted by Crippen LogP contribution is 2.39. The maximum atomic E-state index is 5.81. The average molecular weight is 407 g/mol. The predicted octanol–water partition coefficient (Wildman–Crippen LogP) is 3.31. The van der Waals surface area contributed by atoms with Crippen LogP contribution in [0.4, 0.5) is 0 Å². The molecule has 0 spiro atoms. The molecule has 2 heterocycles. The molecule has 0 amide bonds. The van der Waals surface area contributed by atoms with Gasteiger partial charge in [0.1, 0.15) is 0 Å². The van der Waals surface area contributed by atoms with Crippen LogP contribution < -0.4 is 14.8 Å². The summed E-state index contributed by atoms with van der Waals surface area (Å²) >= 11 is 0. The van der Waals surface area contributed by atoms with E-state index in [0.717, 1.165) is 63.7 Å². The molecule has 3 rings (SSSR count). The van der Waals surface area contributed by atoms with E-state index in [1.807, 2.05) is 6.92 Å². The standard InChI is InChI=1S/C19H30N2O3.2ClH/c1-3-24-18-14-16(4-5-17(18)22-2)19(15-6-12-23-13-7-15)21-10-8-20-9-11-21;;/h4-5,14-15,19-20H,3,6-13H2,1-2H3;2*1H/t19-;;/m1../s1. The molecule has 2 fully saturated rings. The Morgan fingerprint density at radius 3 is 2.46 bits per heavy atom. The van der Waals surface area contributed by atoms with Gasteiger partial charge in [-0.05, 0) is 43.4 Å². The Balaban J connectivity index is 0.00000169. The normalized spacial score (nSPS) is 19.8. The van der Waals surface area contributed by atoms with Crippen molar-refractivity contribution in [3.05, 3.63) is 23.8 Å². The third-order valence-electron chi connectivity index (χ3n) is 5.09. The molecule has 1 N–H and O–H groups in total. The molecule has 2 aliphatic heterocycles. The van der Waals surface area contributed by atoms with E-state index in [-0.39, 0.29) is 24.8 Å². The number of hydrogen-bond acceptors (Lipinski definition) is 5. The number of nitrogens with zero attached hydrogens (tertiary/aromatic N) is 1. The maximum absolute atomic E-state index is 5.81. The summed E-state index contributed by atoms with van der Waals surface area (Å²) in [6, 6.07) is 6.88. The molecule has 0 aromatic heterocycles. The van der Waals surface area contributed by atoms with E-state index in [1.165, 1.54) is 5.56 Å². The van der Waals surface area contributed by atoms with E-state index in [2.05, 4.69) is 28.4 Å². The Morgan fingerprint density at radius 2 is 1.85 bits per heavy atom. The Morgan fingerprint density at radius 1 is 1.15 bits per heavy atom. The largest absolute Gasteiger partial charge is 0.493 e. The Bertz CT molecular complexity index is 504. The van der Waals surface area contributed by atoms with E-state index in [9.17, 15) is 0 Å². The second-order valence-electron chi connectivity index (χ2n) is 6.52. The van der Waals surface area contributed by atoms with Gasteiger partial charge in [-0.3, -0.25) is 4.90 Å². The van der Waals surface area contributed by atoms with E-state index >= 15 is 0 Å². The molecule has 0 aliphatic carbocycles. The molecule has 0 unspecified atom stereocenters. The zero-order chi connectivity index (χ0) is 16.8. The zero-order valence-corrected chi connectivity index (χ0v) is 17.4. The zero-order valence-electron chi connectivity index (χ0n) is 15.7. The van der Waals surface area contributed by atoms with Crippen LogP contribution in [-0.2, 0) is 4.74 Å². The van der Waals surface area contributed by atoms with Crippen LogP contribution in [0.3, 0.4) is 0 Å². The minimum atomic E-state index is 0. The fourth-order valence-electron chi connectivity index (χ4n) is 3.92. The average Bonchev–Trinajstić information content (AvgIpc) is 2.64. The van der Waals surface area contributed by atoms with Crippen LogP contribution in [0, 0.1) is 5.92 Å². The Labute approximate surface area is 169 Å². The molecule has 2 aliphatic rings. The third-order valence-corrected chi connectivity index (χ3v) is 5.09. The Kier molecular flexibility index (Phi) is 10.7. The molecule has 5 nitrogen and oxygen atoms in total. The highest BCUT2D eigenvalue weighted by Gasteiger charge is 2.31. The van der Waals surface area contributed by atoms with E-state index < -0.39 is 0 Å². The first kappa shape index (κ1) is 23.3. The molecule has 26 heavy (non-hydrogen) atoms. The summed E-state index contributed by atoms with van der Waals surface area (Å²) in [4.78, 5) is 2.63. The van der Waals surface area contributed by atoms with Crippen LogP contribution in [0.15, 0.2) is 18.2 Å². The molecule has 7 heteroatoms. The lowest BCUT2D eigenvalue weighted by Crippen LogP contribution is -2.47. The van der Waals surface area contributed by atoms with Crippen molar-refractivity contribution in [1.82, 2.24) is 10.2 Å². The van der Waals surface area contributed by atoms with Crippen LogP contribution in [0.25, 0.3) is 0 Å². The van der Waals surface area contributed by atoms with Crippen LogP contribution in [0.5, 0.6) is 11.5 Å². The number of benzene rings is 1. The minimum absolute atomic E-state index is 0. The summed E-state index contributed by atoms with van der Waals surface area (Å²) in [5.74, 6) is 2.30. The number of nitrogens with one attached hydrogen (secondary N) is 1.